The summed E-state index contributed by atoms with van der Waals surface area (Å²) in [6.07, 6.45) is 8.24. The normalized spacial score (nSPS) is 15.3. The van der Waals surface area contributed by atoms with Crippen LogP contribution >= 0.6 is 11.8 Å². The van der Waals surface area contributed by atoms with Crippen LogP contribution in [0.4, 0.5) is 0 Å². The minimum atomic E-state index is -0.00724. The molecule has 1 amide bonds. The van der Waals surface area contributed by atoms with E-state index in [4.69, 9.17) is 4.42 Å². The lowest BCUT2D eigenvalue weighted by Gasteiger charge is -2.26. The van der Waals surface area contributed by atoms with E-state index < -0.39 is 0 Å². The molecule has 162 valence electrons. The number of benzene rings is 1. The van der Waals surface area contributed by atoms with E-state index in [1.54, 1.807) is 18.7 Å². The molecule has 32 heavy (non-hydrogen) atoms. The maximum absolute atomic E-state index is 12.8. The van der Waals surface area contributed by atoms with E-state index in [2.05, 4.69) is 38.7 Å². The fourth-order valence-electron chi connectivity index (χ4n) is 4.07. The monoisotopic (exact) mass is 445 g/mol. The number of nitrogens with zero attached hydrogens (tertiary/aromatic N) is 4. The van der Waals surface area contributed by atoms with Crippen molar-refractivity contribution in [3.63, 3.8) is 0 Å². The summed E-state index contributed by atoms with van der Waals surface area (Å²) >= 11 is 1.38. The highest BCUT2D eigenvalue weighted by molar-refractivity contribution is 7.99. The highest BCUT2D eigenvalue weighted by Crippen LogP contribution is 2.30. The van der Waals surface area contributed by atoms with Gasteiger partial charge in [-0.2, -0.15) is 0 Å². The van der Waals surface area contributed by atoms with Gasteiger partial charge >= 0.3 is 0 Å². The number of aryl methyl sites for hydroxylation is 1. The number of fused-ring (bicyclic) bond motifs is 1. The summed E-state index contributed by atoms with van der Waals surface area (Å²) in [6, 6.07) is 16.0. The molecule has 0 radical (unpaired) electrons. The standard InChI is InChI=1S/C24H23N5O2S/c30-22(26-21-11-3-7-17-6-1-2-10-20(17)21)16-32-24-28-27-23(18-8-4-12-25-14-18)29(24)15-19-9-5-13-31-19/h1-2,4-6,8-10,12-14,21H,3,7,11,15-16H2,(H,26,30)/t21-/m0/s1. The van der Waals surface area contributed by atoms with Crippen LogP contribution in [-0.2, 0) is 17.8 Å². The van der Waals surface area contributed by atoms with Crippen molar-refractivity contribution < 1.29 is 9.21 Å². The van der Waals surface area contributed by atoms with Crippen molar-refractivity contribution in [2.24, 2.45) is 0 Å². The predicted octanol–water partition coefficient (Wildman–Crippen LogP) is 4.27. The first kappa shape index (κ1) is 20.5. The molecule has 1 aliphatic rings. The lowest BCUT2D eigenvalue weighted by Crippen LogP contribution is -2.32. The maximum atomic E-state index is 12.8. The first-order valence-electron chi connectivity index (χ1n) is 10.6. The van der Waals surface area contributed by atoms with Gasteiger partial charge in [0, 0.05) is 18.0 Å². The van der Waals surface area contributed by atoms with Gasteiger partial charge in [-0.05, 0) is 54.7 Å². The second-order valence-corrected chi connectivity index (χ2v) is 8.66. The smallest absolute Gasteiger partial charge is 0.230 e. The third-order valence-electron chi connectivity index (χ3n) is 5.57. The number of nitrogens with one attached hydrogen (secondary N) is 1. The zero-order valence-electron chi connectivity index (χ0n) is 17.5. The third kappa shape index (κ3) is 4.45. The van der Waals surface area contributed by atoms with E-state index in [1.165, 1.54) is 22.9 Å². The number of hydrogen-bond donors (Lipinski definition) is 1. The van der Waals surface area contributed by atoms with Gasteiger partial charge in [0.05, 0.1) is 24.6 Å². The van der Waals surface area contributed by atoms with E-state index in [9.17, 15) is 4.79 Å². The number of hydrogen-bond acceptors (Lipinski definition) is 6. The summed E-state index contributed by atoms with van der Waals surface area (Å²) in [6.45, 7) is 0.476. The van der Waals surface area contributed by atoms with Gasteiger partial charge in [0.2, 0.25) is 5.91 Å². The first-order chi connectivity index (χ1) is 15.8. The van der Waals surface area contributed by atoms with E-state index >= 15 is 0 Å². The minimum Gasteiger partial charge on any atom is -0.467 e. The number of carbonyl (C=O) groups is 1. The van der Waals surface area contributed by atoms with Gasteiger partial charge in [-0.15, -0.1) is 10.2 Å². The summed E-state index contributed by atoms with van der Waals surface area (Å²) in [4.78, 5) is 17.0. The molecule has 0 unspecified atom stereocenters. The molecule has 8 heteroatoms. The second-order valence-electron chi connectivity index (χ2n) is 7.71. The molecule has 0 fully saturated rings. The van der Waals surface area contributed by atoms with E-state index in [1.807, 2.05) is 34.9 Å². The highest BCUT2D eigenvalue weighted by Gasteiger charge is 2.22. The molecule has 1 aromatic carbocycles. The van der Waals surface area contributed by atoms with Gasteiger partial charge in [0.1, 0.15) is 5.76 Å². The Hall–Kier alpha value is -3.39. The van der Waals surface area contributed by atoms with Crippen molar-refractivity contribution in [3.05, 3.63) is 84.1 Å². The van der Waals surface area contributed by atoms with Crippen LogP contribution in [-0.4, -0.2) is 31.4 Å². The number of furan rings is 1. The van der Waals surface area contributed by atoms with Gasteiger partial charge in [0.25, 0.3) is 0 Å². The van der Waals surface area contributed by atoms with Crippen molar-refractivity contribution in [1.82, 2.24) is 25.1 Å². The lowest BCUT2D eigenvalue weighted by molar-refractivity contribution is -0.119. The van der Waals surface area contributed by atoms with Crippen molar-refractivity contribution in [2.75, 3.05) is 5.75 Å². The Bertz CT molecular complexity index is 1190. The van der Waals surface area contributed by atoms with Crippen LogP contribution in [0.2, 0.25) is 0 Å². The van der Waals surface area contributed by atoms with Gasteiger partial charge in [-0.3, -0.25) is 14.3 Å². The summed E-state index contributed by atoms with van der Waals surface area (Å²) in [7, 11) is 0. The highest BCUT2D eigenvalue weighted by atomic mass is 32.2. The third-order valence-corrected chi connectivity index (χ3v) is 6.53. The first-order valence-corrected chi connectivity index (χ1v) is 11.6. The number of rotatable bonds is 7. The molecule has 3 heterocycles. The summed E-state index contributed by atoms with van der Waals surface area (Å²) in [5.41, 5.74) is 3.43. The molecular weight excluding hydrogens is 422 g/mol. The Labute approximate surface area is 190 Å². The molecule has 1 atom stereocenters. The number of carbonyl (C=O) groups excluding carboxylic acids is 1. The second kappa shape index (κ2) is 9.40. The summed E-state index contributed by atoms with van der Waals surface area (Å²) in [5.74, 6) is 1.74. The average Bonchev–Trinajstić information content (AvgIpc) is 3.49. The van der Waals surface area contributed by atoms with Crippen LogP contribution in [0.25, 0.3) is 11.4 Å². The Kier molecular flexibility index (Phi) is 6.02. The van der Waals surface area contributed by atoms with Crippen molar-refractivity contribution >= 4 is 17.7 Å². The molecule has 1 N–H and O–H groups in total. The Morgan fingerprint density at radius 3 is 2.94 bits per heavy atom. The zero-order chi connectivity index (χ0) is 21.8. The fraction of sp³-hybridized carbons (Fsp3) is 0.250. The van der Waals surface area contributed by atoms with Gasteiger partial charge in [-0.1, -0.05) is 36.0 Å². The van der Waals surface area contributed by atoms with Crippen molar-refractivity contribution in [3.8, 4) is 11.4 Å². The molecule has 0 aliphatic heterocycles. The van der Waals surface area contributed by atoms with Crippen LogP contribution in [0.15, 0.2) is 76.8 Å². The number of amides is 1. The van der Waals surface area contributed by atoms with Crippen LogP contribution in [0.5, 0.6) is 0 Å². The van der Waals surface area contributed by atoms with E-state index in [0.29, 0.717) is 17.5 Å². The maximum Gasteiger partial charge on any atom is 0.230 e. The van der Waals surface area contributed by atoms with Crippen LogP contribution in [0.3, 0.4) is 0 Å². The summed E-state index contributed by atoms with van der Waals surface area (Å²) < 4.78 is 7.49. The Morgan fingerprint density at radius 2 is 2.09 bits per heavy atom. The predicted molar refractivity (Wildman–Crippen MR) is 122 cm³/mol. The molecule has 0 bridgehead atoms. The molecule has 5 rings (SSSR count). The summed E-state index contributed by atoms with van der Waals surface area (Å²) in [5, 5.41) is 12.6. The Morgan fingerprint density at radius 1 is 1.16 bits per heavy atom. The SMILES string of the molecule is O=C(CSc1nnc(-c2cccnc2)n1Cc1ccco1)N[C@H]1CCCc2ccccc21. The van der Waals surface area contributed by atoms with Crippen LogP contribution < -0.4 is 5.32 Å². The van der Waals surface area contributed by atoms with E-state index in [-0.39, 0.29) is 17.7 Å². The zero-order valence-corrected chi connectivity index (χ0v) is 18.3. The van der Waals surface area contributed by atoms with Crippen LogP contribution in [0, 0.1) is 0 Å². The quantitative estimate of drug-likeness (QED) is 0.428. The fourth-order valence-corrected chi connectivity index (χ4v) is 4.82. The minimum absolute atomic E-state index is 0.00724. The topological polar surface area (TPSA) is 85.8 Å². The van der Waals surface area contributed by atoms with Gasteiger partial charge in [-0.25, -0.2) is 0 Å². The average molecular weight is 446 g/mol. The molecule has 1 aliphatic carbocycles. The molecule has 7 nitrogen and oxygen atoms in total. The number of aromatic nitrogens is 4. The van der Waals surface area contributed by atoms with Gasteiger partial charge < -0.3 is 9.73 Å². The van der Waals surface area contributed by atoms with Crippen molar-refractivity contribution in [1.29, 1.82) is 0 Å². The largest absolute Gasteiger partial charge is 0.467 e. The molecule has 0 saturated heterocycles. The molecule has 0 spiro atoms. The molecule has 0 saturated carbocycles. The van der Waals surface area contributed by atoms with E-state index in [0.717, 1.165) is 30.6 Å². The lowest BCUT2D eigenvalue weighted by atomic mass is 9.88. The number of thioether (sulfide) groups is 1. The van der Waals surface area contributed by atoms with Gasteiger partial charge in [0.15, 0.2) is 11.0 Å². The molecule has 4 aromatic rings. The molecular formula is C24H23N5O2S. The Balaban J connectivity index is 1.31. The van der Waals surface area contributed by atoms with Crippen molar-refractivity contribution in [2.45, 2.75) is 37.0 Å². The van der Waals surface area contributed by atoms with Crippen LogP contribution in [0.1, 0.15) is 35.8 Å². The number of pyridine rings is 1. The molecule has 3 aromatic heterocycles.